The van der Waals surface area contributed by atoms with Gasteiger partial charge in [0.05, 0.1) is 21.7 Å². The van der Waals surface area contributed by atoms with Crippen molar-refractivity contribution in [1.29, 1.82) is 0 Å². The number of amides is 1. The van der Waals surface area contributed by atoms with Crippen LogP contribution in [0.15, 0.2) is 42.1 Å². The number of nitro groups is 1. The summed E-state index contributed by atoms with van der Waals surface area (Å²) in [5.74, 6) is 0.160. The van der Waals surface area contributed by atoms with E-state index in [0.717, 1.165) is 0 Å². The van der Waals surface area contributed by atoms with E-state index < -0.39 is 20.0 Å². The highest BCUT2D eigenvalue weighted by atomic mass is 32.2. The van der Waals surface area contributed by atoms with Crippen LogP contribution in [0.4, 0.5) is 11.4 Å². The molecule has 1 aromatic carbocycles. The van der Waals surface area contributed by atoms with Crippen molar-refractivity contribution in [3.05, 3.63) is 52.9 Å². The van der Waals surface area contributed by atoms with Crippen molar-refractivity contribution < 1.29 is 18.1 Å². The summed E-state index contributed by atoms with van der Waals surface area (Å²) in [5.41, 5.74) is 0.209. The summed E-state index contributed by atoms with van der Waals surface area (Å²) >= 11 is 1.17. The Balaban J connectivity index is 1.73. The molecule has 2 heterocycles. The minimum Gasteiger partial charge on any atom is -0.325 e. The summed E-state index contributed by atoms with van der Waals surface area (Å²) in [5, 5.41) is 21.8. The van der Waals surface area contributed by atoms with Crippen LogP contribution < -0.4 is 5.32 Å². The molecule has 1 amide bonds. The highest BCUT2D eigenvalue weighted by molar-refractivity contribution is 8.00. The number of carbonyl (C=O) groups is 1. The first-order valence-corrected chi connectivity index (χ1v) is 11.9. The number of non-ortho nitro benzene ring substituents is 1. The molecule has 0 aliphatic carbocycles. The maximum Gasteiger partial charge on any atom is 0.271 e. The molecule has 0 radical (unpaired) electrons. The summed E-state index contributed by atoms with van der Waals surface area (Å²) in [4.78, 5) is 22.9. The number of nitrogens with one attached hydrogen (secondary N) is 1. The van der Waals surface area contributed by atoms with Gasteiger partial charge in [0, 0.05) is 30.3 Å². The predicted molar refractivity (Wildman–Crippen MR) is 113 cm³/mol. The third kappa shape index (κ3) is 5.05. The molecule has 1 fully saturated rings. The van der Waals surface area contributed by atoms with Gasteiger partial charge < -0.3 is 9.88 Å². The molecule has 12 heteroatoms. The molecule has 1 N–H and O–H groups in total. The number of nitro benzene ring substituents is 1. The van der Waals surface area contributed by atoms with Gasteiger partial charge in [0.15, 0.2) is 15.0 Å². The third-order valence-electron chi connectivity index (χ3n) is 4.63. The largest absolute Gasteiger partial charge is 0.325 e. The summed E-state index contributed by atoms with van der Waals surface area (Å²) in [7, 11) is -3.07. The fourth-order valence-corrected chi connectivity index (χ4v) is 5.75. The van der Waals surface area contributed by atoms with Gasteiger partial charge in [-0.25, -0.2) is 8.42 Å². The molecule has 1 aliphatic rings. The number of sulfone groups is 1. The number of rotatable bonds is 8. The maximum absolute atomic E-state index is 12.6. The molecule has 160 valence electrons. The second-order valence-electron chi connectivity index (χ2n) is 6.90. The number of benzene rings is 1. The van der Waals surface area contributed by atoms with Crippen LogP contribution >= 0.6 is 11.8 Å². The van der Waals surface area contributed by atoms with Gasteiger partial charge in [0.2, 0.25) is 5.91 Å². The standard InChI is InChI=1S/C18H21N5O5S2/c1-3-8-22-16(13-7-9-30(27,28)11-13)20-21-18(22)29-12(2)17(24)19-14-5-4-6-15(10-14)23(25)26/h3-6,10,12-13H,1,7-9,11H2,2H3,(H,19,24)/t12-,13-/m1/s1. The number of aromatic nitrogens is 3. The van der Waals surface area contributed by atoms with Crippen molar-refractivity contribution in [2.24, 2.45) is 0 Å². The molecule has 1 saturated heterocycles. The lowest BCUT2D eigenvalue weighted by Crippen LogP contribution is -2.23. The van der Waals surface area contributed by atoms with Gasteiger partial charge in [-0.3, -0.25) is 14.9 Å². The molecule has 1 aliphatic heterocycles. The van der Waals surface area contributed by atoms with Crippen LogP contribution in [-0.2, 0) is 21.2 Å². The molecule has 3 rings (SSSR count). The molecule has 0 unspecified atom stereocenters. The lowest BCUT2D eigenvalue weighted by molar-refractivity contribution is -0.384. The second-order valence-corrected chi connectivity index (χ2v) is 10.4. The zero-order valence-electron chi connectivity index (χ0n) is 16.2. The Bertz CT molecular complexity index is 1080. The van der Waals surface area contributed by atoms with E-state index in [1.54, 1.807) is 23.6 Å². The van der Waals surface area contributed by atoms with Gasteiger partial charge in [0.25, 0.3) is 5.69 Å². The van der Waals surface area contributed by atoms with Crippen LogP contribution in [-0.4, -0.2) is 50.8 Å². The number of hydrogen-bond donors (Lipinski definition) is 1. The number of thioether (sulfide) groups is 1. The highest BCUT2D eigenvalue weighted by Gasteiger charge is 2.33. The van der Waals surface area contributed by atoms with E-state index in [-0.39, 0.29) is 29.0 Å². The Labute approximate surface area is 177 Å². The average molecular weight is 452 g/mol. The van der Waals surface area contributed by atoms with E-state index >= 15 is 0 Å². The molecule has 10 nitrogen and oxygen atoms in total. The molecular weight excluding hydrogens is 430 g/mol. The molecule has 0 spiro atoms. The topological polar surface area (TPSA) is 137 Å². The Hall–Kier alpha value is -2.73. The predicted octanol–water partition coefficient (Wildman–Crippen LogP) is 2.39. The van der Waals surface area contributed by atoms with E-state index in [1.165, 1.54) is 30.0 Å². The van der Waals surface area contributed by atoms with Crippen molar-refractivity contribution in [3.8, 4) is 0 Å². The van der Waals surface area contributed by atoms with Gasteiger partial charge in [-0.1, -0.05) is 23.9 Å². The Morgan fingerprint density at radius 3 is 2.90 bits per heavy atom. The first-order chi connectivity index (χ1) is 14.2. The zero-order valence-corrected chi connectivity index (χ0v) is 17.9. The van der Waals surface area contributed by atoms with Crippen molar-refractivity contribution in [1.82, 2.24) is 14.8 Å². The molecule has 2 aromatic rings. The van der Waals surface area contributed by atoms with E-state index in [4.69, 9.17) is 0 Å². The van der Waals surface area contributed by atoms with E-state index in [1.807, 2.05) is 0 Å². The number of carbonyl (C=O) groups excluding carboxylic acids is 1. The van der Waals surface area contributed by atoms with Crippen molar-refractivity contribution in [2.75, 3.05) is 16.8 Å². The van der Waals surface area contributed by atoms with Gasteiger partial charge >= 0.3 is 0 Å². The monoisotopic (exact) mass is 451 g/mol. The Morgan fingerprint density at radius 2 is 2.27 bits per heavy atom. The lowest BCUT2D eigenvalue weighted by atomic mass is 10.1. The molecule has 0 bridgehead atoms. The number of anilines is 1. The second kappa shape index (κ2) is 8.96. The molecule has 0 saturated carbocycles. The first kappa shape index (κ1) is 22.0. The summed E-state index contributed by atoms with van der Waals surface area (Å²) in [6.45, 7) is 5.80. The summed E-state index contributed by atoms with van der Waals surface area (Å²) < 4.78 is 25.4. The van der Waals surface area contributed by atoms with Crippen LogP contribution in [0, 0.1) is 10.1 Å². The Morgan fingerprint density at radius 1 is 1.50 bits per heavy atom. The van der Waals surface area contributed by atoms with Crippen molar-refractivity contribution in [3.63, 3.8) is 0 Å². The van der Waals surface area contributed by atoms with Crippen LogP contribution in [0.1, 0.15) is 25.1 Å². The number of hydrogen-bond acceptors (Lipinski definition) is 8. The van der Waals surface area contributed by atoms with Gasteiger partial charge in [-0.15, -0.1) is 16.8 Å². The van der Waals surface area contributed by atoms with E-state index in [9.17, 15) is 23.3 Å². The fourth-order valence-electron chi connectivity index (χ4n) is 3.14. The average Bonchev–Trinajstić information content (AvgIpc) is 3.25. The lowest BCUT2D eigenvalue weighted by Gasteiger charge is -2.14. The normalized spacial score (nSPS) is 18.6. The van der Waals surface area contributed by atoms with Gasteiger partial charge in [-0.05, 0) is 19.4 Å². The zero-order chi connectivity index (χ0) is 21.9. The van der Waals surface area contributed by atoms with Crippen molar-refractivity contribution >= 4 is 38.9 Å². The van der Waals surface area contributed by atoms with Crippen LogP contribution in [0.25, 0.3) is 0 Å². The smallest absolute Gasteiger partial charge is 0.271 e. The van der Waals surface area contributed by atoms with Crippen LogP contribution in [0.3, 0.4) is 0 Å². The summed E-state index contributed by atoms with van der Waals surface area (Å²) in [6.07, 6.45) is 2.15. The van der Waals surface area contributed by atoms with Crippen molar-refractivity contribution in [2.45, 2.75) is 36.2 Å². The molecule has 1 aromatic heterocycles. The molecular formula is C18H21N5O5S2. The quantitative estimate of drug-likeness (QED) is 0.279. The maximum atomic E-state index is 12.6. The Kier molecular flexibility index (Phi) is 6.56. The summed E-state index contributed by atoms with van der Waals surface area (Å²) in [6, 6.07) is 5.69. The van der Waals surface area contributed by atoms with Crippen LogP contribution in [0.2, 0.25) is 0 Å². The van der Waals surface area contributed by atoms with E-state index in [2.05, 4.69) is 22.1 Å². The van der Waals surface area contributed by atoms with E-state index in [0.29, 0.717) is 29.6 Å². The molecule has 30 heavy (non-hydrogen) atoms. The highest BCUT2D eigenvalue weighted by Crippen LogP contribution is 2.31. The third-order valence-corrected chi connectivity index (χ3v) is 7.48. The first-order valence-electron chi connectivity index (χ1n) is 9.16. The fraction of sp³-hybridized carbons (Fsp3) is 0.389. The number of allylic oxidation sites excluding steroid dienone is 1. The van der Waals surface area contributed by atoms with Gasteiger partial charge in [-0.2, -0.15) is 0 Å². The minimum absolute atomic E-state index is 0.0375. The SMILES string of the molecule is C=CCn1c(S[C@H](C)C(=O)Nc2cccc([N+](=O)[O-])c2)nnc1[C@@H]1CCS(=O)(=O)C1. The van der Waals surface area contributed by atoms with Gasteiger partial charge in [0.1, 0.15) is 5.82 Å². The minimum atomic E-state index is -3.07. The molecule has 2 atom stereocenters. The number of nitrogens with zero attached hydrogens (tertiary/aromatic N) is 4. The van der Waals surface area contributed by atoms with Crippen LogP contribution in [0.5, 0.6) is 0 Å².